The number of aromatic carboxylic acids is 1. The summed E-state index contributed by atoms with van der Waals surface area (Å²) in [5.74, 6) is -2.88. The number of hydrogen-bond acceptors (Lipinski definition) is 3. The van der Waals surface area contributed by atoms with Gasteiger partial charge in [-0.3, -0.25) is 4.79 Å². The largest absolute Gasteiger partial charge is 0.477 e. The van der Waals surface area contributed by atoms with E-state index in [1.165, 1.54) is 0 Å². The van der Waals surface area contributed by atoms with E-state index in [0.29, 0.717) is 5.69 Å². The minimum absolute atomic E-state index is 0.0360. The summed E-state index contributed by atoms with van der Waals surface area (Å²) in [6.45, 7) is 0.775. The first kappa shape index (κ1) is 15.9. The third kappa shape index (κ3) is 2.09. The molecule has 3 unspecified atom stereocenters. The summed E-state index contributed by atoms with van der Waals surface area (Å²) >= 11 is 0. The first-order chi connectivity index (χ1) is 12.5. The van der Waals surface area contributed by atoms with E-state index in [9.17, 15) is 23.5 Å². The van der Waals surface area contributed by atoms with Crippen LogP contribution in [0.4, 0.5) is 8.78 Å². The maximum absolute atomic E-state index is 14.7. The van der Waals surface area contributed by atoms with Gasteiger partial charge in [-0.1, -0.05) is 0 Å². The molecule has 7 heteroatoms. The highest BCUT2D eigenvalue weighted by Crippen LogP contribution is 2.48. The second-order valence-corrected chi connectivity index (χ2v) is 7.66. The predicted molar refractivity (Wildman–Crippen MR) is 90.6 cm³/mol. The second-order valence-electron chi connectivity index (χ2n) is 7.66. The van der Waals surface area contributed by atoms with Crippen LogP contribution >= 0.6 is 0 Å². The maximum Gasteiger partial charge on any atom is 0.341 e. The van der Waals surface area contributed by atoms with Crippen molar-refractivity contribution < 1.29 is 18.7 Å². The van der Waals surface area contributed by atoms with Gasteiger partial charge in [0.1, 0.15) is 11.4 Å². The van der Waals surface area contributed by atoms with Gasteiger partial charge in [0.2, 0.25) is 5.43 Å². The Labute approximate surface area is 147 Å². The Kier molecular flexibility index (Phi) is 3.28. The van der Waals surface area contributed by atoms with Crippen LogP contribution < -0.4 is 10.7 Å². The van der Waals surface area contributed by atoms with Crippen LogP contribution in [0.25, 0.3) is 10.9 Å². The lowest BCUT2D eigenvalue weighted by Gasteiger charge is -2.25. The molecule has 0 radical (unpaired) electrons. The summed E-state index contributed by atoms with van der Waals surface area (Å²) in [7, 11) is 0. The molecule has 1 saturated heterocycles. The highest BCUT2D eigenvalue weighted by molar-refractivity contribution is 5.95. The topological polar surface area (TPSA) is 71.3 Å². The van der Waals surface area contributed by atoms with Crippen LogP contribution in [-0.4, -0.2) is 28.2 Å². The van der Waals surface area contributed by atoms with E-state index in [-0.39, 0.29) is 40.4 Å². The predicted octanol–water partition coefficient (Wildman–Crippen LogP) is 2.78. The number of hydrogen-bond donors (Lipinski definition) is 2. The van der Waals surface area contributed by atoms with E-state index >= 15 is 0 Å². The number of benzene rings is 1. The van der Waals surface area contributed by atoms with E-state index < -0.39 is 23.0 Å². The van der Waals surface area contributed by atoms with Crippen LogP contribution in [0.15, 0.2) is 16.9 Å². The molecule has 1 aromatic carbocycles. The minimum atomic E-state index is -1.32. The van der Waals surface area contributed by atoms with Gasteiger partial charge in [-0.25, -0.2) is 13.6 Å². The van der Waals surface area contributed by atoms with Crippen molar-refractivity contribution in [3.05, 3.63) is 45.2 Å². The highest BCUT2D eigenvalue weighted by atomic mass is 19.1. The number of nitrogens with zero attached hydrogens (tertiary/aromatic N) is 1. The molecule has 2 saturated carbocycles. The smallest absolute Gasteiger partial charge is 0.341 e. The van der Waals surface area contributed by atoms with Crippen molar-refractivity contribution in [2.45, 2.75) is 43.7 Å². The molecule has 5 nitrogen and oxygen atoms in total. The molecule has 2 heterocycles. The van der Waals surface area contributed by atoms with Gasteiger partial charge < -0.3 is 15.0 Å². The number of fused-ring (bicyclic) bond motifs is 3. The summed E-state index contributed by atoms with van der Waals surface area (Å²) in [6.07, 6.45) is 3.48. The highest BCUT2D eigenvalue weighted by Gasteiger charge is 2.47. The number of carboxylic acids is 1. The van der Waals surface area contributed by atoms with E-state index in [1.54, 1.807) is 4.57 Å². The molecule has 0 amide bonds. The lowest BCUT2D eigenvalue weighted by molar-refractivity contribution is 0.0692. The Balaban J connectivity index is 1.94. The SMILES string of the molecule is O=C(O)c1c(C2C3CCC2NC3)n(C2CC2)c2c(F)cc(F)cc2c1=O. The molecule has 0 spiro atoms. The van der Waals surface area contributed by atoms with Crippen molar-refractivity contribution in [1.29, 1.82) is 0 Å². The Hall–Kier alpha value is -2.28. The average Bonchev–Trinajstić information content (AvgIpc) is 3.25. The maximum atomic E-state index is 14.7. The Morgan fingerprint density at radius 1 is 1.19 bits per heavy atom. The average molecular weight is 360 g/mol. The summed E-state index contributed by atoms with van der Waals surface area (Å²) < 4.78 is 30.2. The lowest BCUT2D eigenvalue weighted by Crippen LogP contribution is -2.31. The molecule has 1 aromatic heterocycles. The van der Waals surface area contributed by atoms with Crippen LogP contribution in [0.3, 0.4) is 0 Å². The lowest BCUT2D eigenvalue weighted by atomic mass is 9.89. The molecule has 2 N–H and O–H groups in total. The van der Waals surface area contributed by atoms with Gasteiger partial charge in [0, 0.05) is 29.8 Å². The van der Waals surface area contributed by atoms with E-state index in [0.717, 1.165) is 44.4 Å². The molecule has 136 valence electrons. The minimum Gasteiger partial charge on any atom is -0.477 e. The molecule has 2 aliphatic carbocycles. The van der Waals surface area contributed by atoms with Gasteiger partial charge >= 0.3 is 5.97 Å². The summed E-state index contributed by atoms with van der Waals surface area (Å²) in [6, 6.07) is 1.79. The van der Waals surface area contributed by atoms with Crippen molar-refractivity contribution >= 4 is 16.9 Å². The van der Waals surface area contributed by atoms with E-state index in [1.807, 2.05) is 0 Å². The first-order valence-electron chi connectivity index (χ1n) is 9.01. The van der Waals surface area contributed by atoms with Crippen molar-refractivity contribution in [1.82, 2.24) is 9.88 Å². The second kappa shape index (κ2) is 5.36. The van der Waals surface area contributed by atoms with Crippen molar-refractivity contribution in [3.8, 4) is 0 Å². The molecular weight excluding hydrogens is 342 g/mol. The van der Waals surface area contributed by atoms with E-state index in [4.69, 9.17) is 0 Å². The standard InChI is InChI=1S/C19H18F2N2O3/c20-9-5-11-16(12(21)6-9)23(10-2-3-10)17(15(18(11)24)19(25)26)14-8-1-4-13(14)22-7-8/h5-6,8,10,13-14,22H,1-4,7H2,(H,25,26). The molecular formula is C19H18F2N2O3. The molecule has 3 aliphatic rings. The Morgan fingerprint density at radius 3 is 2.50 bits per heavy atom. The third-order valence-electron chi connectivity index (χ3n) is 6.13. The van der Waals surface area contributed by atoms with Crippen LogP contribution in [-0.2, 0) is 0 Å². The van der Waals surface area contributed by atoms with Gasteiger partial charge in [-0.2, -0.15) is 0 Å². The van der Waals surface area contributed by atoms with Gasteiger partial charge in [-0.05, 0) is 44.2 Å². The third-order valence-corrected chi connectivity index (χ3v) is 6.13. The fourth-order valence-electron chi connectivity index (χ4n) is 4.98. The molecule has 3 fully saturated rings. The number of nitrogens with one attached hydrogen (secondary N) is 1. The molecule has 2 aromatic rings. The van der Waals surface area contributed by atoms with Gasteiger partial charge in [0.15, 0.2) is 5.82 Å². The number of pyridine rings is 1. The molecule has 1 aliphatic heterocycles. The quantitative estimate of drug-likeness (QED) is 0.883. The zero-order valence-electron chi connectivity index (χ0n) is 14.0. The molecule has 5 rings (SSSR count). The molecule has 3 atom stereocenters. The van der Waals surface area contributed by atoms with Crippen molar-refractivity contribution in [3.63, 3.8) is 0 Å². The van der Waals surface area contributed by atoms with E-state index in [2.05, 4.69) is 5.32 Å². The number of carbonyl (C=O) groups is 1. The Morgan fingerprint density at radius 2 is 1.96 bits per heavy atom. The van der Waals surface area contributed by atoms with Gasteiger partial charge in [0.25, 0.3) is 0 Å². The number of carboxylic acid groups (broad SMARTS) is 1. The molecule has 26 heavy (non-hydrogen) atoms. The monoisotopic (exact) mass is 360 g/mol. The summed E-state index contributed by atoms with van der Waals surface area (Å²) in [5, 5.41) is 13.0. The van der Waals surface area contributed by atoms with Crippen LogP contribution in [0, 0.1) is 17.6 Å². The summed E-state index contributed by atoms with van der Waals surface area (Å²) in [5.41, 5.74) is -0.630. The number of rotatable bonds is 3. The van der Waals surface area contributed by atoms with Crippen molar-refractivity contribution in [2.24, 2.45) is 5.92 Å². The van der Waals surface area contributed by atoms with Crippen LogP contribution in [0.1, 0.15) is 53.7 Å². The normalized spacial score (nSPS) is 27.4. The zero-order chi connectivity index (χ0) is 18.2. The fraction of sp³-hybridized carbons (Fsp3) is 0.474. The first-order valence-corrected chi connectivity index (χ1v) is 9.01. The Bertz CT molecular complexity index is 992. The summed E-state index contributed by atoms with van der Waals surface area (Å²) in [4.78, 5) is 25.0. The number of aromatic nitrogens is 1. The van der Waals surface area contributed by atoms with Crippen LogP contribution in [0.5, 0.6) is 0 Å². The zero-order valence-corrected chi connectivity index (χ0v) is 14.0. The van der Waals surface area contributed by atoms with Gasteiger partial charge in [0.05, 0.1) is 10.9 Å². The fourth-order valence-corrected chi connectivity index (χ4v) is 4.98. The van der Waals surface area contributed by atoms with Gasteiger partial charge in [-0.15, -0.1) is 0 Å². The molecule has 2 bridgehead atoms. The van der Waals surface area contributed by atoms with Crippen molar-refractivity contribution in [2.75, 3.05) is 6.54 Å². The number of piperidine rings is 1. The number of halogens is 2. The van der Waals surface area contributed by atoms with Crippen LogP contribution in [0.2, 0.25) is 0 Å².